The Balaban J connectivity index is 0.000000572. The first-order valence-electron chi connectivity index (χ1n) is 11.0. The molecule has 2 aromatic carbocycles. The summed E-state index contributed by atoms with van der Waals surface area (Å²) >= 11 is 6.10. The van der Waals surface area contributed by atoms with Crippen molar-refractivity contribution in [1.29, 1.82) is 0 Å². The lowest BCUT2D eigenvalue weighted by atomic mass is 10.1. The second-order valence-corrected chi connectivity index (χ2v) is 8.21. The van der Waals surface area contributed by atoms with Crippen molar-refractivity contribution in [3.8, 4) is 5.75 Å². The van der Waals surface area contributed by atoms with E-state index in [1.807, 2.05) is 23.1 Å². The van der Waals surface area contributed by atoms with Crippen molar-refractivity contribution in [3.05, 3.63) is 64.7 Å². The van der Waals surface area contributed by atoms with Gasteiger partial charge >= 0.3 is 12.1 Å². The average molecular weight is 530 g/mol. The summed E-state index contributed by atoms with van der Waals surface area (Å²) in [5, 5.41) is 11.0. The highest BCUT2D eigenvalue weighted by molar-refractivity contribution is 6.30. The topological polar surface area (TPSA) is 99.2 Å². The number of carbonyl (C=O) groups is 3. The maximum atomic E-state index is 13.1. The van der Waals surface area contributed by atoms with Gasteiger partial charge in [-0.15, -0.1) is 0 Å². The Bertz CT molecular complexity index is 1030. The van der Waals surface area contributed by atoms with Crippen LogP contribution >= 0.6 is 11.6 Å². The summed E-state index contributed by atoms with van der Waals surface area (Å²) in [5.74, 6) is -2.12. The third kappa shape index (κ3) is 9.38. The van der Waals surface area contributed by atoms with Crippen molar-refractivity contribution in [3.63, 3.8) is 0 Å². The number of piperazine rings is 1. The average Bonchev–Trinajstić information content (AvgIpc) is 2.86. The van der Waals surface area contributed by atoms with Crippen LogP contribution in [-0.4, -0.2) is 78.7 Å². The lowest BCUT2D eigenvalue weighted by molar-refractivity contribution is -0.192. The number of amides is 2. The van der Waals surface area contributed by atoms with Crippen LogP contribution in [0.4, 0.5) is 13.2 Å². The van der Waals surface area contributed by atoms with Crippen LogP contribution < -0.4 is 10.1 Å². The first-order valence-corrected chi connectivity index (χ1v) is 11.4. The van der Waals surface area contributed by atoms with Crippen LogP contribution in [0.2, 0.25) is 5.02 Å². The summed E-state index contributed by atoms with van der Waals surface area (Å²) in [6, 6.07) is 14.4. The summed E-state index contributed by atoms with van der Waals surface area (Å²) in [7, 11) is 1.59. The van der Waals surface area contributed by atoms with Crippen molar-refractivity contribution in [2.24, 2.45) is 0 Å². The molecule has 1 saturated heterocycles. The molecule has 0 bridgehead atoms. The number of rotatable bonds is 7. The molecule has 196 valence electrons. The van der Waals surface area contributed by atoms with Gasteiger partial charge in [-0.25, -0.2) is 4.79 Å². The molecular weight excluding hydrogens is 503 g/mol. The number of nitrogens with one attached hydrogen (secondary N) is 1. The standard InChI is InChI=1S/C22H26ClN3O3.C2HF3O2/c1-29-20-7-5-18(6-8-20)22(28)26(16-17-3-2-4-19(23)15-17)12-9-21(27)25-13-10-24-11-14-25;3-2(4,5)1(6)7/h2-8,15,24H,9-14,16H2,1H3;(H,6,7). The molecule has 0 aliphatic carbocycles. The van der Waals surface area contributed by atoms with Gasteiger partial charge in [-0.05, 0) is 42.0 Å². The van der Waals surface area contributed by atoms with Gasteiger partial charge in [0, 0.05) is 56.3 Å². The van der Waals surface area contributed by atoms with Crippen LogP contribution in [0.1, 0.15) is 22.3 Å². The monoisotopic (exact) mass is 529 g/mol. The summed E-state index contributed by atoms with van der Waals surface area (Å²) in [5.41, 5.74) is 1.48. The van der Waals surface area contributed by atoms with Gasteiger partial charge < -0.3 is 25.0 Å². The van der Waals surface area contributed by atoms with E-state index >= 15 is 0 Å². The number of benzene rings is 2. The van der Waals surface area contributed by atoms with E-state index < -0.39 is 12.1 Å². The second-order valence-electron chi connectivity index (χ2n) is 7.77. The van der Waals surface area contributed by atoms with E-state index in [1.165, 1.54) is 0 Å². The third-order valence-corrected chi connectivity index (χ3v) is 5.43. The van der Waals surface area contributed by atoms with Gasteiger partial charge in [0.25, 0.3) is 5.91 Å². The highest BCUT2D eigenvalue weighted by Gasteiger charge is 2.38. The molecule has 0 atom stereocenters. The number of ether oxygens (including phenoxy) is 1. The first kappa shape index (κ1) is 28.9. The Labute approximate surface area is 211 Å². The maximum absolute atomic E-state index is 13.1. The van der Waals surface area contributed by atoms with Gasteiger partial charge in [0.15, 0.2) is 0 Å². The fourth-order valence-corrected chi connectivity index (χ4v) is 3.54. The minimum absolute atomic E-state index is 0.0742. The van der Waals surface area contributed by atoms with Gasteiger partial charge in [0.05, 0.1) is 7.11 Å². The smallest absolute Gasteiger partial charge is 0.490 e. The molecule has 2 aromatic rings. The fraction of sp³-hybridized carbons (Fsp3) is 0.375. The first-order chi connectivity index (χ1) is 17.0. The summed E-state index contributed by atoms with van der Waals surface area (Å²) in [6.07, 6.45) is -4.79. The Hall–Kier alpha value is -3.31. The Kier molecular flexibility index (Phi) is 11.0. The number of methoxy groups -OCH3 is 1. The number of hydrogen-bond acceptors (Lipinski definition) is 5. The van der Waals surface area contributed by atoms with E-state index in [-0.39, 0.29) is 11.8 Å². The number of aliphatic carboxylic acids is 1. The number of carboxylic acid groups (broad SMARTS) is 1. The molecule has 1 aliphatic rings. The summed E-state index contributed by atoms with van der Waals surface area (Å²) < 4.78 is 36.9. The van der Waals surface area contributed by atoms with Gasteiger partial charge in [-0.2, -0.15) is 13.2 Å². The van der Waals surface area contributed by atoms with Crippen molar-refractivity contribution in [1.82, 2.24) is 15.1 Å². The summed E-state index contributed by atoms with van der Waals surface area (Å²) in [4.78, 5) is 38.2. The van der Waals surface area contributed by atoms with Gasteiger partial charge in [0.2, 0.25) is 5.91 Å². The van der Waals surface area contributed by atoms with Crippen LogP contribution in [0, 0.1) is 0 Å². The normalized spacial score (nSPS) is 13.3. The van der Waals surface area contributed by atoms with Gasteiger partial charge in [-0.3, -0.25) is 9.59 Å². The molecule has 12 heteroatoms. The fourth-order valence-electron chi connectivity index (χ4n) is 3.33. The predicted molar refractivity (Wildman–Crippen MR) is 127 cm³/mol. The van der Waals surface area contributed by atoms with Crippen LogP contribution in [0.15, 0.2) is 48.5 Å². The van der Waals surface area contributed by atoms with Crippen LogP contribution in [0.5, 0.6) is 5.75 Å². The zero-order chi connectivity index (χ0) is 26.7. The number of carboxylic acids is 1. The van der Waals surface area contributed by atoms with E-state index in [0.29, 0.717) is 48.9 Å². The lowest BCUT2D eigenvalue weighted by Gasteiger charge is -2.29. The summed E-state index contributed by atoms with van der Waals surface area (Å²) in [6.45, 7) is 3.77. The zero-order valence-corrected chi connectivity index (χ0v) is 20.3. The van der Waals surface area contributed by atoms with E-state index in [0.717, 1.165) is 18.7 Å². The molecule has 0 saturated carbocycles. The lowest BCUT2D eigenvalue weighted by Crippen LogP contribution is -2.47. The molecule has 1 fully saturated rings. The van der Waals surface area contributed by atoms with E-state index in [2.05, 4.69) is 5.32 Å². The predicted octanol–water partition coefficient (Wildman–Crippen LogP) is 3.45. The molecule has 0 unspecified atom stereocenters. The Morgan fingerprint density at radius 2 is 1.72 bits per heavy atom. The molecule has 2 N–H and O–H groups in total. The van der Waals surface area contributed by atoms with Gasteiger partial charge in [0.1, 0.15) is 5.75 Å². The maximum Gasteiger partial charge on any atom is 0.490 e. The number of carbonyl (C=O) groups excluding carboxylic acids is 2. The van der Waals surface area contributed by atoms with Crippen LogP contribution in [-0.2, 0) is 16.1 Å². The third-order valence-electron chi connectivity index (χ3n) is 5.19. The number of alkyl halides is 3. The largest absolute Gasteiger partial charge is 0.497 e. The molecule has 1 aliphatic heterocycles. The second kappa shape index (κ2) is 13.7. The molecule has 36 heavy (non-hydrogen) atoms. The molecule has 2 amide bonds. The van der Waals surface area contributed by atoms with Crippen LogP contribution in [0.3, 0.4) is 0 Å². The molecule has 0 aromatic heterocycles. The molecule has 0 radical (unpaired) electrons. The Morgan fingerprint density at radius 1 is 1.11 bits per heavy atom. The van der Waals surface area contributed by atoms with Gasteiger partial charge in [-0.1, -0.05) is 23.7 Å². The van der Waals surface area contributed by atoms with E-state index in [4.69, 9.17) is 26.2 Å². The quantitative estimate of drug-likeness (QED) is 0.570. The highest BCUT2D eigenvalue weighted by atomic mass is 35.5. The van der Waals surface area contributed by atoms with E-state index in [9.17, 15) is 22.8 Å². The van der Waals surface area contributed by atoms with Crippen molar-refractivity contribution < 1.29 is 37.4 Å². The number of halogens is 4. The molecule has 3 rings (SSSR count). The number of nitrogens with zero attached hydrogens (tertiary/aromatic N) is 2. The molecular formula is C24H27ClF3N3O5. The number of hydrogen-bond donors (Lipinski definition) is 2. The van der Waals surface area contributed by atoms with E-state index in [1.54, 1.807) is 42.3 Å². The minimum Gasteiger partial charge on any atom is -0.497 e. The van der Waals surface area contributed by atoms with Crippen molar-refractivity contribution >= 4 is 29.4 Å². The van der Waals surface area contributed by atoms with Crippen molar-refractivity contribution in [2.75, 3.05) is 39.8 Å². The van der Waals surface area contributed by atoms with Crippen molar-refractivity contribution in [2.45, 2.75) is 19.1 Å². The molecule has 1 heterocycles. The highest BCUT2D eigenvalue weighted by Crippen LogP contribution is 2.17. The molecule has 8 nitrogen and oxygen atoms in total. The zero-order valence-electron chi connectivity index (χ0n) is 19.6. The minimum atomic E-state index is -5.08. The SMILES string of the molecule is COc1ccc(C(=O)N(CCC(=O)N2CCNCC2)Cc2cccc(Cl)c2)cc1.O=C(O)C(F)(F)F. The molecule has 0 spiro atoms. The Morgan fingerprint density at radius 3 is 2.25 bits per heavy atom. The van der Waals surface area contributed by atoms with Crippen LogP contribution in [0.25, 0.3) is 0 Å².